The molecule has 4 heterocycles. The van der Waals surface area contributed by atoms with Crippen LogP contribution in [0.5, 0.6) is 0 Å². The predicted octanol–water partition coefficient (Wildman–Crippen LogP) is 2.86. The Bertz CT molecular complexity index is 1410. The Hall–Kier alpha value is -3.66. The minimum absolute atomic E-state index is 0.155. The Kier molecular flexibility index (Phi) is 4.06. The van der Waals surface area contributed by atoms with Crippen molar-refractivity contribution in [2.75, 3.05) is 11.9 Å². The maximum atomic E-state index is 14.2. The summed E-state index contributed by atoms with van der Waals surface area (Å²) in [5.74, 6) is 1.05. The quantitative estimate of drug-likeness (QED) is 0.493. The third-order valence-electron chi connectivity index (χ3n) is 4.51. The molecule has 0 aliphatic heterocycles. The lowest BCUT2D eigenvalue weighted by atomic mass is 10.2. The third kappa shape index (κ3) is 3.03. The number of aromatic amines is 1. The Labute approximate surface area is 167 Å². The summed E-state index contributed by atoms with van der Waals surface area (Å²) in [5.41, 5.74) is 1.34. The molecule has 8 nitrogen and oxygen atoms in total. The van der Waals surface area contributed by atoms with E-state index in [0.717, 1.165) is 0 Å². The van der Waals surface area contributed by atoms with Crippen molar-refractivity contribution in [1.29, 1.82) is 0 Å². The molecular weight excluding hydrogens is 393 g/mol. The Morgan fingerprint density at radius 1 is 1.17 bits per heavy atom. The first-order chi connectivity index (χ1) is 14.1. The van der Waals surface area contributed by atoms with Gasteiger partial charge < -0.3 is 9.88 Å². The van der Waals surface area contributed by atoms with Gasteiger partial charge in [-0.25, -0.2) is 9.37 Å². The van der Waals surface area contributed by atoms with E-state index in [1.807, 2.05) is 23.4 Å². The number of aromatic nitrogens is 6. The number of hydrogen-bond acceptors (Lipinski definition) is 7. The van der Waals surface area contributed by atoms with Crippen LogP contribution in [0.15, 0.2) is 52.6 Å². The zero-order valence-electron chi connectivity index (χ0n) is 15.2. The molecule has 29 heavy (non-hydrogen) atoms. The van der Waals surface area contributed by atoms with Crippen molar-refractivity contribution in [3.05, 3.63) is 69.8 Å². The molecule has 144 valence electrons. The van der Waals surface area contributed by atoms with Gasteiger partial charge in [-0.1, -0.05) is 12.1 Å². The number of rotatable bonds is 4. The van der Waals surface area contributed by atoms with Gasteiger partial charge in [0.05, 0.1) is 17.6 Å². The molecule has 5 rings (SSSR count). The highest BCUT2D eigenvalue weighted by atomic mass is 32.1. The van der Waals surface area contributed by atoms with Gasteiger partial charge >= 0.3 is 0 Å². The van der Waals surface area contributed by atoms with Crippen molar-refractivity contribution in [2.45, 2.75) is 6.54 Å². The standard InChI is InChI=1S/C19H14FN7OS/c1-26(10-14-21-13-8-9-29-17(13)19(28)22-14)16-7-6-15-23-24-18(27(15)25-16)11-4-2-3-5-12(11)20/h2-9H,10H2,1H3,(H,21,22,28). The summed E-state index contributed by atoms with van der Waals surface area (Å²) in [6.45, 7) is 0.344. The van der Waals surface area contributed by atoms with Crippen LogP contribution in [0.3, 0.4) is 0 Å². The van der Waals surface area contributed by atoms with Gasteiger partial charge in [-0.15, -0.1) is 26.6 Å². The Morgan fingerprint density at radius 3 is 2.90 bits per heavy atom. The molecule has 1 aromatic carbocycles. The SMILES string of the molecule is CN(Cc1nc2ccsc2c(=O)[nH]1)c1ccc2nnc(-c3ccccc3F)n2n1. The zero-order valence-corrected chi connectivity index (χ0v) is 16.0. The van der Waals surface area contributed by atoms with Gasteiger partial charge in [-0.2, -0.15) is 4.52 Å². The van der Waals surface area contributed by atoms with Gasteiger partial charge in [0.2, 0.25) is 0 Å². The molecule has 10 heteroatoms. The normalized spacial score (nSPS) is 11.4. The summed E-state index contributed by atoms with van der Waals surface area (Å²) in [6, 6.07) is 11.7. The van der Waals surface area contributed by atoms with Gasteiger partial charge in [0.25, 0.3) is 5.56 Å². The van der Waals surface area contributed by atoms with Crippen LogP contribution in [0.2, 0.25) is 0 Å². The zero-order chi connectivity index (χ0) is 20.0. The summed E-state index contributed by atoms with van der Waals surface area (Å²) in [7, 11) is 1.83. The van der Waals surface area contributed by atoms with E-state index >= 15 is 0 Å². The van der Waals surface area contributed by atoms with E-state index in [2.05, 4.69) is 25.3 Å². The maximum absolute atomic E-state index is 14.2. The first-order valence-corrected chi connectivity index (χ1v) is 9.63. The highest BCUT2D eigenvalue weighted by molar-refractivity contribution is 7.17. The summed E-state index contributed by atoms with van der Waals surface area (Å²) in [5, 5.41) is 14.5. The Balaban J connectivity index is 1.51. The van der Waals surface area contributed by atoms with E-state index in [1.54, 1.807) is 30.3 Å². The second kappa shape index (κ2) is 6.74. The van der Waals surface area contributed by atoms with Crippen molar-refractivity contribution in [2.24, 2.45) is 0 Å². The van der Waals surface area contributed by atoms with Crippen LogP contribution in [0.4, 0.5) is 10.2 Å². The summed E-state index contributed by atoms with van der Waals surface area (Å²) in [4.78, 5) is 21.3. The fourth-order valence-corrected chi connectivity index (χ4v) is 3.82. The van der Waals surface area contributed by atoms with E-state index in [4.69, 9.17) is 0 Å². The van der Waals surface area contributed by atoms with Crippen molar-refractivity contribution >= 4 is 33.0 Å². The maximum Gasteiger partial charge on any atom is 0.268 e. The molecule has 0 saturated heterocycles. The number of halogens is 1. The molecule has 0 aliphatic carbocycles. The topological polar surface area (TPSA) is 92.1 Å². The second-order valence-corrected chi connectivity index (χ2v) is 7.38. The van der Waals surface area contributed by atoms with Crippen LogP contribution < -0.4 is 10.5 Å². The number of fused-ring (bicyclic) bond motifs is 2. The molecule has 0 atom stereocenters. The summed E-state index contributed by atoms with van der Waals surface area (Å²) < 4.78 is 16.3. The van der Waals surface area contributed by atoms with E-state index in [1.165, 1.54) is 21.9 Å². The molecular formula is C19H14FN7OS. The minimum Gasteiger partial charge on any atom is -0.351 e. The van der Waals surface area contributed by atoms with Gasteiger partial charge in [0.1, 0.15) is 22.2 Å². The molecule has 0 saturated carbocycles. The number of hydrogen-bond donors (Lipinski definition) is 1. The van der Waals surface area contributed by atoms with Gasteiger partial charge in [-0.05, 0) is 35.7 Å². The average Bonchev–Trinajstić information content (AvgIpc) is 3.35. The summed E-state index contributed by atoms with van der Waals surface area (Å²) in [6.07, 6.45) is 0. The molecule has 4 aromatic heterocycles. The Morgan fingerprint density at radius 2 is 2.03 bits per heavy atom. The average molecular weight is 407 g/mol. The lowest BCUT2D eigenvalue weighted by Gasteiger charge is -2.17. The smallest absolute Gasteiger partial charge is 0.268 e. The molecule has 0 radical (unpaired) electrons. The number of nitrogens with one attached hydrogen (secondary N) is 1. The molecule has 0 spiro atoms. The summed E-state index contributed by atoms with van der Waals surface area (Å²) >= 11 is 1.36. The molecule has 0 amide bonds. The van der Waals surface area contributed by atoms with E-state index in [-0.39, 0.29) is 5.56 Å². The number of thiophene rings is 1. The van der Waals surface area contributed by atoms with Crippen LogP contribution in [-0.2, 0) is 6.54 Å². The van der Waals surface area contributed by atoms with Crippen LogP contribution >= 0.6 is 11.3 Å². The first-order valence-electron chi connectivity index (χ1n) is 8.75. The van der Waals surface area contributed by atoms with Crippen molar-refractivity contribution in [3.63, 3.8) is 0 Å². The van der Waals surface area contributed by atoms with E-state index in [0.29, 0.717) is 45.4 Å². The molecule has 0 fully saturated rings. The number of benzene rings is 1. The number of nitrogens with zero attached hydrogens (tertiary/aromatic N) is 6. The molecule has 0 unspecified atom stereocenters. The van der Waals surface area contributed by atoms with Crippen molar-refractivity contribution in [3.8, 4) is 11.4 Å². The van der Waals surface area contributed by atoms with Crippen LogP contribution in [0, 0.1) is 5.82 Å². The van der Waals surface area contributed by atoms with Crippen molar-refractivity contribution < 1.29 is 4.39 Å². The predicted molar refractivity (Wildman–Crippen MR) is 109 cm³/mol. The lowest BCUT2D eigenvalue weighted by Crippen LogP contribution is -2.22. The third-order valence-corrected chi connectivity index (χ3v) is 5.41. The van der Waals surface area contributed by atoms with E-state index in [9.17, 15) is 9.18 Å². The van der Waals surface area contributed by atoms with Gasteiger partial charge in [0.15, 0.2) is 11.5 Å². The largest absolute Gasteiger partial charge is 0.351 e. The molecule has 1 N–H and O–H groups in total. The fraction of sp³-hybridized carbons (Fsp3) is 0.105. The highest BCUT2D eigenvalue weighted by Gasteiger charge is 2.15. The highest BCUT2D eigenvalue weighted by Crippen LogP contribution is 2.22. The lowest BCUT2D eigenvalue weighted by molar-refractivity contribution is 0.629. The van der Waals surface area contributed by atoms with Crippen LogP contribution in [-0.4, -0.2) is 36.8 Å². The second-order valence-electron chi connectivity index (χ2n) is 6.47. The number of anilines is 1. The number of H-pyrrole nitrogens is 1. The van der Waals surface area contributed by atoms with Crippen LogP contribution in [0.1, 0.15) is 5.82 Å². The molecule has 5 aromatic rings. The molecule has 0 bridgehead atoms. The van der Waals surface area contributed by atoms with E-state index < -0.39 is 5.82 Å². The fourth-order valence-electron chi connectivity index (χ4n) is 3.10. The van der Waals surface area contributed by atoms with Gasteiger partial charge in [-0.3, -0.25) is 4.79 Å². The van der Waals surface area contributed by atoms with Gasteiger partial charge in [0, 0.05) is 7.05 Å². The van der Waals surface area contributed by atoms with Crippen molar-refractivity contribution in [1.82, 2.24) is 29.8 Å². The monoisotopic (exact) mass is 407 g/mol. The minimum atomic E-state index is -0.395. The first kappa shape index (κ1) is 17.4. The molecule has 0 aliphatic rings. The van der Waals surface area contributed by atoms with Crippen LogP contribution in [0.25, 0.3) is 27.3 Å².